The van der Waals surface area contributed by atoms with Gasteiger partial charge in [0.15, 0.2) is 5.69 Å². The Morgan fingerprint density at radius 2 is 2.10 bits per heavy atom. The molecule has 10 heavy (non-hydrogen) atoms. The van der Waals surface area contributed by atoms with E-state index in [-0.39, 0.29) is 0 Å². The number of rotatable bonds is 0. The highest BCUT2D eigenvalue weighted by atomic mass is 19.4. The smallest absolute Gasteiger partial charge is 0.270 e. The topological polar surface area (TPSA) is 17.8 Å². The first kappa shape index (κ1) is 7.11. The Kier molecular flexibility index (Phi) is 1.42. The largest absolute Gasteiger partial charge is 0.435 e. The Labute approximate surface area is 55.3 Å². The average molecular weight is 149 g/mol. The van der Waals surface area contributed by atoms with Crippen molar-refractivity contribution >= 4 is 0 Å². The van der Waals surface area contributed by atoms with Crippen LogP contribution >= 0.6 is 0 Å². The van der Waals surface area contributed by atoms with Crippen molar-refractivity contribution in [1.82, 2.24) is 9.78 Å². The first-order valence-corrected chi connectivity index (χ1v) is 2.44. The fourth-order valence-electron chi connectivity index (χ4n) is 0.513. The maximum absolute atomic E-state index is 11.7. The molecule has 0 bridgehead atoms. The van der Waals surface area contributed by atoms with Gasteiger partial charge in [0.05, 0.1) is 7.05 Å². The van der Waals surface area contributed by atoms with Crippen LogP contribution in [0.4, 0.5) is 13.2 Å². The normalized spacial score (nSPS) is 12.0. The molecule has 1 rings (SSSR count). The number of hydrogen-bond acceptors (Lipinski definition) is 1. The molecular formula is C5H4F3N2. The molecule has 1 aromatic heterocycles. The van der Waals surface area contributed by atoms with Crippen molar-refractivity contribution in [1.29, 1.82) is 0 Å². The fourth-order valence-corrected chi connectivity index (χ4v) is 0.513. The summed E-state index contributed by atoms with van der Waals surface area (Å²) in [6, 6.07) is 0.868. The zero-order valence-corrected chi connectivity index (χ0v) is 4.89. The lowest BCUT2D eigenvalue weighted by molar-refractivity contribution is -0.141. The van der Waals surface area contributed by atoms with Crippen molar-refractivity contribution in [3.05, 3.63) is 25.0 Å². The second-order valence-corrected chi connectivity index (χ2v) is 1.74. The third-order valence-electron chi connectivity index (χ3n) is 0.931. The highest BCUT2D eigenvalue weighted by Crippen LogP contribution is 2.26. The summed E-state index contributed by atoms with van der Waals surface area (Å²) >= 11 is 0. The van der Waals surface area contributed by atoms with Crippen molar-refractivity contribution in [2.75, 3.05) is 0 Å². The van der Waals surface area contributed by atoms with E-state index < -0.39 is 11.9 Å². The van der Waals surface area contributed by atoms with Crippen LogP contribution in [0.3, 0.4) is 0 Å². The van der Waals surface area contributed by atoms with Crippen molar-refractivity contribution in [3.63, 3.8) is 0 Å². The Morgan fingerprint density at radius 1 is 1.50 bits per heavy atom. The number of nitrogens with zero attached hydrogens (tertiary/aromatic N) is 2. The average Bonchev–Trinajstić information content (AvgIpc) is 2.11. The molecule has 2 nitrogen and oxygen atoms in total. The monoisotopic (exact) mass is 149 g/mol. The van der Waals surface area contributed by atoms with Gasteiger partial charge in [0, 0.05) is 6.20 Å². The van der Waals surface area contributed by atoms with Crippen LogP contribution in [0.1, 0.15) is 5.69 Å². The van der Waals surface area contributed by atoms with E-state index in [1.807, 2.05) is 0 Å². The third kappa shape index (κ3) is 1.29. The van der Waals surface area contributed by atoms with Crippen molar-refractivity contribution in [3.8, 4) is 0 Å². The van der Waals surface area contributed by atoms with Crippen LogP contribution in [0.2, 0.25) is 0 Å². The zero-order valence-electron chi connectivity index (χ0n) is 4.89. The van der Waals surface area contributed by atoms with Crippen LogP contribution in [-0.4, -0.2) is 9.78 Å². The van der Waals surface area contributed by atoms with Gasteiger partial charge in [0.1, 0.15) is 0 Å². The van der Waals surface area contributed by atoms with Gasteiger partial charge in [-0.2, -0.15) is 18.3 Å². The van der Waals surface area contributed by atoms with E-state index in [9.17, 15) is 13.2 Å². The van der Waals surface area contributed by atoms with Crippen LogP contribution in [0, 0.1) is 7.05 Å². The van der Waals surface area contributed by atoms with Crippen LogP contribution in [-0.2, 0) is 6.18 Å². The summed E-state index contributed by atoms with van der Waals surface area (Å²) in [7, 11) is 3.16. The quantitative estimate of drug-likeness (QED) is 0.547. The summed E-state index contributed by atoms with van der Waals surface area (Å²) < 4.78 is 36.0. The molecule has 0 N–H and O–H groups in total. The molecule has 0 amide bonds. The maximum atomic E-state index is 11.7. The third-order valence-corrected chi connectivity index (χ3v) is 0.931. The molecule has 0 saturated heterocycles. The standard InChI is InChI=1S/C5H4F3N2/c1-10-3-2-4(9-10)5(6,7)8/h2-3H,1H2. The second-order valence-electron chi connectivity index (χ2n) is 1.74. The lowest BCUT2D eigenvalue weighted by Gasteiger charge is -1.98. The van der Waals surface area contributed by atoms with Crippen LogP contribution < -0.4 is 0 Å². The van der Waals surface area contributed by atoms with E-state index in [0.717, 1.165) is 16.9 Å². The summed E-state index contributed by atoms with van der Waals surface area (Å²) in [6.45, 7) is 0. The first-order valence-electron chi connectivity index (χ1n) is 2.44. The van der Waals surface area contributed by atoms with Gasteiger partial charge in [-0.3, -0.25) is 4.68 Å². The van der Waals surface area contributed by atoms with E-state index in [2.05, 4.69) is 12.1 Å². The van der Waals surface area contributed by atoms with E-state index in [0.29, 0.717) is 0 Å². The van der Waals surface area contributed by atoms with Gasteiger partial charge in [-0.05, 0) is 6.07 Å². The lowest BCUT2D eigenvalue weighted by atomic mass is 10.4. The Balaban J connectivity index is 2.96. The second kappa shape index (κ2) is 2.00. The summed E-state index contributed by atoms with van der Waals surface area (Å²) in [5, 5.41) is 3.06. The van der Waals surface area contributed by atoms with Crippen molar-refractivity contribution in [2.45, 2.75) is 6.18 Å². The molecular weight excluding hydrogens is 145 g/mol. The van der Waals surface area contributed by atoms with Gasteiger partial charge in [0.25, 0.3) is 0 Å². The minimum absolute atomic E-state index is 0.864. The van der Waals surface area contributed by atoms with Gasteiger partial charge in [-0.25, -0.2) is 0 Å². The number of halogens is 3. The molecule has 5 heteroatoms. The molecule has 1 aromatic rings. The van der Waals surface area contributed by atoms with Crippen molar-refractivity contribution in [2.24, 2.45) is 0 Å². The molecule has 0 saturated carbocycles. The van der Waals surface area contributed by atoms with Gasteiger partial charge >= 0.3 is 6.18 Å². The molecule has 0 aliphatic carbocycles. The minimum Gasteiger partial charge on any atom is -0.270 e. The molecule has 0 atom stereocenters. The van der Waals surface area contributed by atoms with E-state index in [1.165, 1.54) is 0 Å². The number of aromatic nitrogens is 2. The van der Waals surface area contributed by atoms with Gasteiger partial charge in [0.2, 0.25) is 0 Å². The van der Waals surface area contributed by atoms with Crippen LogP contribution in [0.15, 0.2) is 12.3 Å². The van der Waals surface area contributed by atoms with Gasteiger partial charge in [-0.15, -0.1) is 0 Å². The zero-order chi connectivity index (χ0) is 7.78. The van der Waals surface area contributed by atoms with E-state index >= 15 is 0 Å². The molecule has 0 unspecified atom stereocenters. The first-order chi connectivity index (χ1) is 4.50. The Morgan fingerprint density at radius 3 is 2.30 bits per heavy atom. The predicted octanol–water partition coefficient (Wildman–Crippen LogP) is 1.54. The highest BCUT2D eigenvalue weighted by molar-refractivity contribution is 5.03. The molecule has 0 fully saturated rings. The lowest BCUT2D eigenvalue weighted by Crippen LogP contribution is -2.06. The maximum Gasteiger partial charge on any atom is 0.435 e. The Bertz CT molecular complexity index is 225. The number of alkyl halides is 3. The summed E-state index contributed by atoms with van der Waals surface area (Å²) in [4.78, 5) is 0. The molecule has 0 spiro atoms. The van der Waals surface area contributed by atoms with Gasteiger partial charge < -0.3 is 0 Å². The number of hydrogen-bond donors (Lipinski definition) is 0. The molecule has 55 valence electrons. The molecule has 0 aromatic carbocycles. The van der Waals surface area contributed by atoms with E-state index in [4.69, 9.17) is 0 Å². The van der Waals surface area contributed by atoms with Crippen LogP contribution in [0.25, 0.3) is 0 Å². The van der Waals surface area contributed by atoms with Crippen LogP contribution in [0.5, 0.6) is 0 Å². The fraction of sp³-hybridized carbons (Fsp3) is 0.200. The minimum atomic E-state index is -4.36. The predicted molar refractivity (Wildman–Crippen MR) is 28.0 cm³/mol. The molecule has 0 aliphatic heterocycles. The highest BCUT2D eigenvalue weighted by Gasteiger charge is 2.33. The van der Waals surface area contributed by atoms with Crippen molar-refractivity contribution < 1.29 is 13.2 Å². The SMILES string of the molecule is [CH2]n1ccc(C(F)(F)F)n1. The summed E-state index contributed by atoms with van der Waals surface area (Å²) in [5.74, 6) is 0. The van der Waals surface area contributed by atoms with E-state index in [1.54, 1.807) is 0 Å². The molecule has 1 radical (unpaired) electrons. The molecule has 1 heterocycles. The Hall–Kier alpha value is -1.00. The van der Waals surface area contributed by atoms with Gasteiger partial charge in [-0.1, -0.05) is 0 Å². The summed E-state index contributed by atoms with van der Waals surface area (Å²) in [5.41, 5.74) is -0.914. The molecule has 0 aliphatic rings. The summed E-state index contributed by atoms with van der Waals surface area (Å²) in [6.07, 6.45) is -3.22.